The first-order valence-electron chi connectivity index (χ1n) is 14.1. The number of amides is 2. The van der Waals surface area contributed by atoms with Crippen molar-refractivity contribution in [1.29, 1.82) is 0 Å². The number of nitrogens with zero attached hydrogens (tertiary/aromatic N) is 1. The van der Waals surface area contributed by atoms with Crippen molar-refractivity contribution in [2.45, 2.75) is 74.4 Å². The molecule has 8 N–H and O–H groups in total. The minimum absolute atomic E-state index is 0.0914. The van der Waals surface area contributed by atoms with Gasteiger partial charge in [0.1, 0.15) is 24.0 Å². The van der Waals surface area contributed by atoms with Gasteiger partial charge in [0.2, 0.25) is 18.1 Å². The lowest BCUT2D eigenvalue weighted by atomic mass is 9.79. The third kappa shape index (κ3) is 6.04. The molecule has 4 aliphatic heterocycles. The molecule has 4 aliphatic rings. The lowest BCUT2D eigenvalue weighted by Gasteiger charge is -2.46. The van der Waals surface area contributed by atoms with Gasteiger partial charge < -0.3 is 55.6 Å². The fraction of sp³-hybridized carbons (Fsp3) is 0.536. The Labute approximate surface area is 260 Å². The van der Waals surface area contributed by atoms with Crippen LogP contribution in [0.3, 0.4) is 0 Å². The van der Waals surface area contributed by atoms with Crippen molar-refractivity contribution in [3.8, 4) is 0 Å². The van der Waals surface area contributed by atoms with Crippen molar-refractivity contribution in [2.24, 2.45) is 11.8 Å². The number of benzene rings is 1. The molecule has 5 rings (SSSR count). The van der Waals surface area contributed by atoms with Crippen molar-refractivity contribution in [2.75, 3.05) is 11.9 Å². The Hall–Kier alpha value is -3.58. The van der Waals surface area contributed by atoms with E-state index in [2.05, 4.69) is 10.6 Å². The van der Waals surface area contributed by atoms with E-state index < -0.39 is 84.5 Å². The average Bonchev–Trinajstić information content (AvgIpc) is 3.54. The Morgan fingerprint density at radius 2 is 1.84 bits per heavy atom. The highest BCUT2D eigenvalue weighted by Crippen LogP contribution is 2.51. The van der Waals surface area contributed by atoms with Gasteiger partial charge in [-0.25, -0.2) is 14.4 Å². The number of aliphatic hydroxyl groups excluding tert-OH is 4. The molecule has 0 bridgehead atoms. The molecule has 1 aromatic rings. The van der Waals surface area contributed by atoms with Crippen LogP contribution in [0, 0.1) is 11.8 Å². The van der Waals surface area contributed by atoms with Crippen LogP contribution < -0.4 is 10.6 Å². The molecule has 11 atom stereocenters. The number of ether oxygens (including phenoxy) is 2. The maximum Gasteiger partial charge on any atom is 0.353 e. The minimum atomic E-state index is -1.95. The second-order valence-electron chi connectivity index (χ2n) is 11.4. The van der Waals surface area contributed by atoms with Crippen LogP contribution >= 0.6 is 11.8 Å². The van der Waals surface area contributed by atoms with Gasteiger partial charge >= 0.3 is 17.9 Å². The first kappa shape index (κ1) is 32.8. The van der Waals surface area contributed by atoms with E-state index in [1.54, 1.807) is 0 Å². The molecular weight excluding hydrogens is 618 g/mol. The average molecular weight is 652 g/mol. The van der Waals surface area contributed by atoms with Crippen LogP contribution in [0.5, 0.6) is 0 Å². The molecule has 3 saturated heterocycles. The number of aliphatic carboxylic acids is 2. The molecule has 16 nitrogen and oxygen atoms in total. The zero-order chi connectivity index (χ0) is 32.9. The summed E-state index contributed by atoms with van der Waals surface area (Å²) in [4.78, 5) is 63.6. The van der Waals surface area contributed by atoms with E-state index in [1.807, 2.05) is 6.92 Å². The molecule has 17 heteroatoms. The second kappa shape index (κ2) is 12.7. The molecule has 0 spiro atoms. The summed E-state index contributed by atoms with van der Waals surface area (Å²) < 4.78 is 10.0. The van der Waals surface area contributed by atoms with E-state index >= 15 is 0 Å². The van der Waals surface area contributed by atoms with Gasteiger partial charge in [-0.15, -0.1) is 11.8 Å². The fourth-order valence-corrected chi connectivity index (χ4v) is 7.61. The van der Waals surface area contributed by atoms with E-state index in [0.717, 1.165) is 0 Å². The number of rotatable bonds is 9. The zero-order valence-electron chi connectivity index (χ0n) is 24.0. The Bertz CT molecular complexity index is 1440. The second-order valence-corrected chi connectivity index (χ2v) is 12.8. The monoisotopic (exact) mass is 651 g/mol. The van der Waals surface area contributed by atoms with Crippen LogP contribution in [0.1, 0.15) is 30.6 Å². The Morgan fingerprint density at radius 1 is 1.13 bits per heavy atom. The minimum Gasteiger partial charge on any atom is -0.479 e. The molecule has 45 heavy (non-hydrogen) atoms. The number of hydrogen-bond donors (Lipinski definition) is 8. The van der Waals surface area contributed by atoms with Crippen LogP contribution in [-0.2, 0) is 28.7 Å². The number of carboxylic acid groups (broad SMARTS) is 2. The quantitative estimate of drug-likeness (QED) is 0.109. The van der Waals surface area contributed by atoms with Gasteiger partial charge in [-0.3, -0.25) is 9.59 Å². The summed E-state index contributed by atoms with van der Waals surface area (Å²) in [6.45, 7) is 3.70. The van der Waals surface area contributed by atoms with Gasteiger partial charge in [-0.2, -0.15) is 0 Å². The lowest BCUT2D eigenvalue weighted by Crippen LogP contribution is -2.63. The number of carbonyl (C=O) groups is 5. The number of anilines is 1. The number of carbonyl (C=O) groups excluding carboxylic acids is 3. The van der Waals surface area contributed by atoms with Gasteiger partial charge in [0.25, 0.3) is 0 Å². The SMILES string of the molecule is C[C@@H](O)[C@H]1C(=O)N2C(C(=O)O)=C(S[C@@H]3CN[C@H](C(=O)Nc4cccc(C(=O)OC5OC(C(=O)O)C(O)C(O)C5O)c4)C3)[C@H](C)[C@H]12. The summed E-state index contributed by atoms with van der Waals surface area (Å²) in [6.07, 6.45) is -10.3. The lowest BCUT2D eigenvalue weighted by molar-refractivity contribution is -0.278. The van der Waals surface area contributed by atoms with Gasteiger partial charge in [0.15, 0.2) is 6.10 Å². The van der Waals surface area contributed by atoms with Crippen LogP contribution in [-0.4, -0.2) is 126 Å². The van der Waals surface area contributed by atoms with Crippen LogP contribution in [0.2, 0.25) is 0 Å². The predicted octanol–water partition coefficient (Wildman–Crippen LogP) is -1.71. The molecule has 2 amide bonds. The van der Waals surface area contributed by atoms with Crippen LogP contribution in [0.15, 0.2) is 34.9 Å². The molecule has 244 valence electrons. The van der Waals surface area contributed by atoms with E-state index in [0.29, 0.717) is 17.9 Å². The fourth-order valence-electron chi connectivity index (χ4n) is 6.13. The van der Waals surface area contributed by atoms with Gasteiger partial charge in [-0.1, -0.05) is 13.0 Å². The van der Waals surface area contributed by atoms with E-state index in [9.17, 15) is 54.6 Å². The van der Waals surface area contributed by atoms with Gasteiger partial charge in [-0.05, 0) is 31.5 Å². The number of esters is 1. The Morgan fingerprint density at radius 3 is 2.49 bits per heavy atom. The van der Waals surface area contributed by atoms with E-state index in [1.165, 1.54) is 47.9 Å². The van der Waals surface area contributed by atoms with Crippen molar-refractivity contribution >= 4 is 47.2 Å². The zero-order valence-corrected chi connectivity index (χ0v) is 24.8. The third-order valence-electron chi connectivity index (χ3n) is 8.41. The van der Waals surface area contributed by atoms with Crippen LogP contribution in [0.25, 0.3) is 0 Å². The molecule has 0 aliphatic carbocycles. The van der Waals surface area contributed by atoms with Gasteiger partial charge in [0, 0.05) is 28.3 Å². The topological polar surface area (TPSA) is 252 Å². The molecule has 0 radical (unpaired) electrons. The highest BCUT2D eigenvalue weighted by atomic mass is 32.2. The number of hydrogen-bond acceptors (Lipinski definition) is 13. The van der Waals surface area contributed by atoms with Crippen molar-refractivity contribution < 1.29 is 64.1 Å². The standard InChI is InChI=1S/C28H33N3O13S/c1-9-16-15(10(2)32)24(37)31(16)17(25(38)39)22(9)45-13-7-14(29-8-13)23(36)30-12-5-3-4-11(6-12)27(42)44-28-20(35)18(33)19(34)21(43-28)26(40)41/h3-6,9-10,13-16,18-21,28-29,32-35H,7-8H2,1-2H3,(H,30,36)(H,38,39)(H,40,41)/t9-,10-,13+,14+,15-,16-,18?,19?,20?,21?,28?/m1/s1. The largest absolute Gasteiger partial charge is 0.479 e. The highest BCUT2D eigenvalue weighted by molar-refractivity contribution is 8.03. The van der Waals surface area contributed by atoms with Crippen molar-refractivity contribution in [3.05, 3.63) is 40.4 Å². The number of thioether (sulfide) groups is 1. The first-order chi connectivity index (χ1) is 21.2. The Kier molecular flexibility index (Phi) is 9.23. The summed E-state index contributed by atoms with van der Waals surface area (Å²) >= 11 is 1.29. The van der Waals surface area contributed by atoms with Gasteiger partial charge in [0.05, 0.1) is 29.7 Å². The first-order valence-corrected chi connectivity index (χ1v) is 15.0. The van der Waals surface area contributed by atoms with E-state index in [4.69, 9.17) is 9.47 Å². The normalized spacial score (nSPS) is 35.0. The summed E-state index contributed by atoms with van der Waals surface area (Å²) in [5.74, 6) is -5.78. The maximum atomic E-state index is 13.1. The Balaban J connectivity index is 1.19. The predicted molar refractivity (Wildman–Crippen MR) is 152 cm³/mol. The molecular formula is C28H33N3O13S. The highest BCUT2D eigenvalue weighted by Gasteiger charge is 2.60. The maximum absolute atomic E-state index is 13.1. The number of nitrogens with one attached hydrogen (secondary N) is 2. The molecule has 0 aromatic heterocycles. The number of carboxylic acids is 2. The van der Waals surface area contributed by atoms with E-state index in [-0.39, 0.29) is 28.1 Å². The summed E-state index contributed by atoms with van der Waals surface area (Å²) in [5.41, 5.74) is 0.0249. The third-order valence-corrected chi connectivity index (χ3v) is 9.93. The molecule has 5 unspecified atom stereocenters. The summed E-state index contributed by atoms with van der Waals surface area (Å²) in [6, 6.07) is 4.45. The summed E-state index contributed by atoms with van der Waals surface area (Å²) in [7, 11) is 0. The molecule has 0 saturated carbocycles. The van der Waals surface area contributed by atoms with Crippen LogP contribution in [0.4, 0.5) is 5.69 Å². The number of fused-ring (bicyclic) bond motifs is 1. The number of aliphatic hydroxyl groups is 4. The molecule has 3 fully saturated rings. The van der Waals surface area contributed by atoms with Crippen molar-refractivity contribution in [1.82, 2.24) is 10.2 Å². The summed E-state index contributed by atoms with van der Waals surface area (Å²) in [5, 5.41) is 64.5. The number of β-lactam (4-membered cyclic amide) rings is 1. The smallest absolute Gasteiger partial charge is 0.353 e. The molecule has 4 heterocycles. The molecule has 1 aromatic carbocycles. The van der Waals surface area contributed by atoms with Crippen molar-refractivity contribution in [3.63, 3.8) is 0 Å².